The number of guanidine groups is 1. The molecule has 1 fully saturated rings. The first kappa shape index (κ1) is 20.3. The van der Waals surface area contributed by atoms with Gasteiger partial charge in [-0.15, -0.1) is 0 Å². The predicted octanol–water partition coefficient (Wildman–Crippen LogP) is 2.44. The molecule has 0 atom stereocenters. The van der Waals surface area contributed by atoms with Crippen LogP contribution in [0.3, 0.4) is 0 Å². The van der Waals surface area contributed by atoms with Gasteiger partial charge in [-0.05, 0) is 35.9 Å². The van der Waals surface area contributed by atoms with Gasteiger partial charge >= 0.3 is 0 Å². The second-order valence-corrected chi connectivity index (χ2v) is 7.30. The van der Waals surface area contributed by atoms with Crippen LogP contribution in [0.4, 0.5) is 4.39 Å². The summed E-state index contributed by atoms with van der Waals surface area (Å²) in [6.45, 7) is 6.88. The van der Waals surface area contributed by atoms with Gasteiger partial charge in [-0.3, -0.25) is 9.89 Å². The zero-order valence-corrected chi connectivity index (χ0v) is 16.8. The molecule has 0 aromatic heterocycles. The van der Waals surface area contributed by atoms with Gasteiger partial charge in [0, 0.05) is 52.9 Å². The van der Waals surface area contributed by atoms with Crippen LogP contribution in [0.5, 0.6) is 0 Å². The van der Waals surface area contributed by atoms with E-state index in [0.717, 1.165) is 44.2 Å². The average Bonchev–Trinajstić information content (AvgIpc) is 2.72. The van der Waals surface area contributed by atoms with E-state index < -0.39 is 0 Å². The van der Waals surface area contributed by atoms with Crippen LogP contribution in [-0.2, 0) is 19.6 Å². The molecule has 2 aromatic carbocycles. The first-order valence-corrected chi connectivity index (χ1v) is 9.80. The zero-order chi connectivity index (χ0) is 19.8. The lowest BCUT2D eigenvalue weighted by atomic mass is 10.1. The minimum atomic E-state index is -0.220. The lowest BCUT2D eigenvalue weighted by Crippen LogP contribution is -2.43. The maximum Gasteiger partial charge on any atom is 0.191 e. The van der Waals surface area contributed by atoms with E-state index in [1.807, 2.05) is 0 Å². The van der Waals surface area contributed by atoms with Crippen molar-refractivity contribution in [3.05, 3.63) is 71.0 Å². The summed E-state index contributed by atoms with van der Waals surface area (Å²) < 4.78 is 13.0. The summed E-state index contributed by atoms with van der Waals surface area (Å²) in [7, 11) is 3.93. The molecule has 1 saturated heterocycles. The summed E-state index contributed by atoms with van der Waals surface area (Å²) in [6.07, 6.45) is 0. The van der Waals surface area contributed by atoms with Crippen molar-refractivity contribution in [3.63, 3.8) is 0 Å². The van der Waals surface area contributed by atoms with E-state index in [1.165, 1.54) is 23.3 Å². The highest BCUT2D eigenvalue weighted by Crippen LogP contribution is 2.10. The summed E-state index contributed by atoms with van der Waals surface area (Å²) in [6, 6.07) is 15.3. The molecule has 6 heteroatoms. The van der Waals surface area contributed by atoms with Crippen molar-refractivity contribution < 1.29 is 4.39 Å². The molecule has 1 aliphatic rings. The number of nitrogens with zero attached hydrogens (tertiary/aromatic N) is 3. The van der Waals surface area contributed by atoms with Crippen molar-refractivity contribution in [2.45, 2.75) is 19.6 Å². The Morgan fingerprint density at radius 2 is 1.36 bits per heavy atom. The summed E-state index contributed by atoms with van der Waals surface area (Å²) in [4.78, 5) is 9.13. The number of aliphatic imine (C=N–C) groups is 1. The fraction of sp³-hybridized carbons (Fsp3) is 0.409. The Kier molecular flexibility index (Phi) is 7.39. The largest absolute Gasteiger partial charge is 0.352 e. The Balaban J connectivity index is 1.43. The summed E-state index contributed by atoms with van der Waals surface area (Å²) >= 11 is 0. The number of benzene rings is 2. The molecule has 0 radical (unpaired) electrons. The molecular weight excluding hydrogens is 353 g/mol. The van der Waals surface area contributed by atoms with Crippen molar-refractivity contribution in [1.29, 1.82) is 0 Å². The number of nitrogens with one attached hydrogen (secondary N) is 2. The highest BCUT2D eigenvalue weighted by atomic mass is 19.1. The number of rotatable bonds is 6. The normalized spacial score (nSPS) is 16.2. The van der Waals surface area contributed by atoms with Gasteiger partial charge in [0.15, 0.2) is 5.96 Å². The van der Waals surface area contributed by atoms with Crippen LogP contribution in [0.15, 0.2) is 53.5 Å². The highest BCUT2D eigenvalue weighted by Gasteiger charge is 2.13. The maximum atomic E-state index is 13.0. The number of likely N-dealkylation sites (N-methyl/N-ethyl adjacent to an activating group) is 1. The van der Waals surface area contributed by atoms with E-state index in [-0.39, 0.29) is 5.82 Å². The van der Waals surface area contributed by atoms with Gasteiger partial charge in [-0.1, -0.05) is 36.4 Å². The van der Waals surface area contributed by atoms with Crippen LogP contribution < -0.4 is 10.6 Å². The lowest BCUT2D eigenvalue weighted by Gasteiger charge is -2.32. The molecule has 28 heavy (non-hydrogen) atoms. The van der Waals surface area contributed by atoms with E-state index in [9.17, 15) is 4.39 Å². The van der Waals surface area contributed by atoms with Crippen LogP contribution in [0.25, 0.3) is 0 Å². The molecule has 2 N–H and O–H groups in total. The minimum Gasteiger partial charge on any atom is -0.352 e. The molecular formula is C22H30FN5. The molecule has 3 rings (SSSR count). The van der Waals surface area contributed by atoms with Crippen LogP contribution in [0, 0.1) is 5.82 Å². The molecule has 0 saturated carbocycles. The van der Waals surface area contributed by atoms with Gasteiger partial charge in [0.2, 0.25) is 0 Å². The quantitative estimate of drug-likeness (QED) is 0.594. The first-order chi connectivity index (χ1) is 13.6. The third-order valence-electron chi connectivity index (χ3n) is 5.08. The SMILES string of the molecule is CN=C(NCc1ccc(F)cc1)NCc1ccc(CN2CCN(C)CC2)cc1. The number of hydrogen-bond donors (Lipinski definition) is 2. The van der Waals surface area contributed by atoms with Gasteiger partial charge in [0.05, 0.1) is 0 Å². The lowest BCUT2D eigenvalue weighted by molar-refractivity contribution is 0.148. The van der Waals surface area contributed by atoms with Gasteiger partial charge in [0.25, 0.3) is 0 Å². The Bertz CT molecular complexity index is 750. The molecule has 5 nitrogen and oxygen atoms in total. The molecule has 0 spiro atoms. The summed E-state index contributed by atoms with van der Waals surface area (Å²) in [5.41, 5.74) is 3.58. The Labute approximate surface area is 167 Å². The van der Waals surface area contributed by atoms with Gasteiger partial charge in [-0.25, -0.2) is 4.39 Å². The van der Waals surface area contributed by atoms with E-state index in [1.54, 1.807) is 19.2 Å². The molecule has 0 bridgehead atoms. The van der Waals surface area contributed by atoms with Crippen LogP contribution in [0.1, 0.15) is 16.7 Å². The minimum absolute atomic E-state index is 0.220. The molecule has 1 heterocycles. The zero-order valence-electron chi connectivity index (χ0n) is 16.8. The number of piperazine rings is 1. The van der Waals surface area contributed by atoms with E-state index in [2.05, 4.69) is 56.7 Å². The van der Waals surface area contributed by atoms with Crippen molar-refractivity contribution in [2.24, 2.45) is 4.99 Å². The monoisotopic (exact) mass is 383 g/mol. The van der Waals surface area contributed by atoms with Gasteiger partial charge in [-0.2, -0.15) is 0 Å². The van der Waals surface area contributed by atoms with E-state index in [4.69, 9.17) is 0 Å². The van der Waals surface area contributed by atoms with Crippen LogP contribution in [0.2, 0.25) is 0 Å². The van der Waals surface area contributed by atoms with Gasteiger partial charge in [0.1, 0.15) is 5.82 Å². The molecule has 0 unspecified atom stereocenters. The smallest absolute Gasteiger partial charge is 0.191 e. The second kappa shape index (κ2) is 10.2. The summed E-state index contributed by atoms with van der Waals surface area (Å²) in [5.74, 6) is 0.508. The number of hydrogen-bond acceptors (Lipinski definition) is 3. The van der Waals surface area contributed by atoms with Crippen molar-refractivity contribution >= 4 is 5.96 Å². The number of halogens is 1. The van der Waals surface area contributed by atoms with Crippen molar-refractivity contribution in [1.82, 2.24) is 20.4 Å². The molecule has 0 amide bonds. The molecule has 2 aromatic rings. The Hall–Kier alpha value is -2.44. The van der Waals surface area contributed by atoms with Gasteiger partial charge < -0.3 is 15.5 Å². The molecule has 1 aliphatic heterocycles. The van der Waals surface area contributed by atoms with E-state index in [0.29, 0.717) is 13.1 Å². The van der Waals surface area contributed by atoms with Crippen LogP contribution >= 0.6 is 0 Å². The fourth-order valence-corrected chi connectivity index (χ4v) is 3.22. The third kappa shape index (κ3) is 6.32. The standard InChI is InChI=1S/C22H30FN5/c1-24-22(26-16-19-7-9-21(23)10-8-19)25-15-18-3-5-20(6-4-18)17-28-13-11-27(2)12-14-28/h3-10H,11-17H2,1-2H3,(H2,24,25,26). The Morgan fingerprint density at radius 3 is 1.89 bits per heavy atom. The predicted molar refractivity (Wildman–Crippen MR) is 113 cm³/mol. The second-order valence-electron chi connectivity index (χ2n) is 7.30. The summed E-state index contributed by atoms with van der Waals surface area (Å²) in [5, 5.41) is 6.57. The maximum absolute atomic E-state index is 13.0. The topological polar surface area (TPSA) is 42.9 Å². The first-order valence-electron chi connectivity index (χ1n) is 9.80. The highest BCUT2D eigenvalue weighted by molar-refractivity contribution is 5.79. The van der Waals surface area contributed by atoms with Crippen molar-refractivity contribution in [2.75, 3.05) is 40.3 Å². The fourth-order valence-electron chi connectivity index (χ4n) is 3.22. The molecule has 0 aliphatic carbocycles. The van der Waals surface area contributed by atoms with Crippen molar-refractivity contribution in [3.8, 4) is 0 Å². The third-order valence-corrected chi connectivity index (χ3v) is 5.08. The van der Waals surface area contributed by atoms with E-state index >= 15 is 0 Å². The average molecular weight is 384 g/mol. The Morgan fingerprint density at radius 1 is 0.857 bits per heavy atom. The molecule has 150 valence electrons. The van der Waals surface area contributed by atoms with Crippen LogP contribution in [-0.4, -0.2) is 56.0 Å².